The van der Waals surface area contributed by atoms with Crippen LogP contribution in [-0.4, -0.2) is 4.98 Å². The van der Waals surface area contributed by atoms with Crippen LogP contribution < -0.4 is 0 Å². The van der Waals surface area contributed by atoms with Crippen molar-refractivity contribution in [3.63, 3.8) is 0 Å². The second-order valence-electron chi connectivity index (χ2n) is 3.03. The Balaban J connectivity index is 2.59. The largest absolute Gasteiger partial charge is 0.229 e. The summed E-state index contributed by atoms with van der Waals surface area (Å²) in [7, 11) is 0. The molecule has 2 rings (SSSR count). The van der Waals surface area contributed by atoms with E-state index in [2.05, 4.69) is 20.9 Å². The summed E-state index contributed by atoms with van der Waals surface area (Å²) in [5.41, 5.74) is 0.501. The number of nitrogens with zero attached hydrogens (tertiary/aromatic N) is 1. The minimum absolute atomic E-state index is 0.203. The first kappa shape index (κ1) is 10.7. The Kier molecular flexibility index (Phi) is 2.84. The zero-order chi connectivity index (χ0) is 11.0. The number of halogens is 3. The fraction of sp³-hybridized carbons (Fsp3) is 0.100. The van der Waals surface area contributed by atoms with Crippen molar-refractivity contribution in [1.29, 1.82) is 0 Å². The minimum atomic E-state index is -0.836. The van der Waals surface area contributed by atoms with Gasteiger partial charge in [-0.15, -0.1) is 11.3 Å². The maximum absolute atomic E-state index is 13.5. The minimum Gasteiger partial charge on any atom is -0.229 e. The first-order chi connectivity index (χ1) is 7.09. The van der Waals surface area contributed by atoms with E-state index in [0.29, 0.717) is 15.2 Å². The van der Waals surface area contributed by atoms with Crippen LogP contribution in [0.2, 0.25) is 0 Å². The number of aromatic nitrogens is 1. The van der Waals surface area contributed by atoms with Crippen molar-refractivity contribution < 1.29 is 8.78 Å². The number of hydrogen-bond acceptors (Lipinski definition) is 2. The van der Waals surface area contributed by atoms with Crippen LogP contribution in [0, 0.1) is 18.6 Å². The molecule has 0 aliphatic carbocycles. The molecule has 0 atom stereocenters. The van der Waals surface area contributed by atoms with Crippen molar-refractivity contribution in [2.75, 3.05) is 0 Å². The molecule has 0 spiro atoms. The van der Waals surface area contributed by atoms with E-state index in [-0.39, 0.29) is 5.56 Å². The van der Waals surface area contributed by atoms with Crippen LogP contribution in [0.5, 0.6) is 0 Å². The molecule has 0 radical (unpaired) electrons. The second kappa shape index (κ2) is 3.98. The van der Waals surface area contributed by atoms with Crippen LogP contribution in [0.3, 0.4) is 0 Å². The van der Waals surface area contributed by atoms with Crippen LogP contribution in [0.1, 0.15) is 5.56 Å². The lowest BCUT2D eigenvalue weighted by atomic mass is 10.1. The van der Waals surface area contributed by atoms with Gasteiger partial charge in [0.15, 0.2) is 11.6 Å². The zero-order valence-corrected chi connectivity index (χ0v) is 10.1. The molecule has 1 nitrogen and oxygen atoms in total. The third-order valence-electron chi connectivity index (χ3n) is 1.98. The van der Waals surface area contributed by atoms with Gasteiger partial charge in [-0.2, -0.15) is 0 Å². The molecule has 0 amide bonds. The summed E-state index contributed by atoms with van der Waals surface area (Å²) in [6.45, 7) is 1.53. The molecular weight excluding hydrogens is 284 g/mol. The average Bonchev–Trinajstić information content (AvgIpc) is 2.61. The maximum Gasteiger partial charge on any atom is 0.169 e. The molecule has 0 fully saturated rings. The maximum atomic E-state index is 13.5. The predicted molar refractivity (Wildman–Crippen MR) is 59.9 cm³/mol. The third-order valence-corrected chi connectivity index (χ3v) is 3.57. The predicted octanol–water partition coefficient (Wildman–Crippen LogP) is 4.16. The lowest BCUT2D eigenvalue weighted by Gasteiger charge is -2.02. The van der Waals surface area contributed by atoms with E-state index < -0.39 is 11.6 Å². The molecule has 0 saturated heterocycles. The Morgan fingerprint density at radius 3 is 2.60 bits per heavy atom. The lowest BCUT2D eigenvalue weighted by Crippen LogP contribution is -1.92. The average molecular weight is 290 g/mol. The number of thiazole rings is 1. The highest BCUT2D eigenvalue weighted by Crippen LogP contribution is 2.30. The number of benzene rings is 1. The molecule has 1 aromatic carbocycles. The molecule has 5 heteroatoms. The van der Waals surface area contributed by atoms with Crippen LogP contribution in [0.15, 0.2) is 22.1 Å². The van der Waals surface area contributed by atoms with Crippen molar-refractivity contribution >= 4 is 27.3 Å². The van der Waals surface area contributed by atoms with E-state index in [1.807, 2.05) is 0 Å². The molecule has 1 aromatic heterocycles. The summed E-state index contributed by atoms with van der Waals surface area (Å²) in [6, 6.07) is 3.09. The zero-order valence-electron chi connectivity index (χ0n) is 7.72. The van der Waals surface area contributed by atoms with E-state index in [0.717, 1.165) is 0 Å². The Hall–Kier alpha value is -0.810. The van der Waals surface area contributed by atoms with Crippen molar-refractivity contribution in [2.45, 2.75) is 6.92 Å². The van der Waals surface area contributed by atoms with Gasteiger partial charge in [-0.1, -0.05) is 6.07 Å². The first-order valence-corrected chi connectivity index (χ1v) is 5.83. The Morgan fingerprint density at radius 1 is 1.27 bits per heavy atom. The van der Waals surface area contributed by atoms with Gasteiger partial charge in [0.2, 0.25) is 0 Å². The molecule has 0 saturated carbocycles. The first-order valence-electron chi connectivity index (χ1n) is 4.15. The monoisotopic (exact) mass is 289 g/mol. The van der Waals surface area contributed by atoms with Gasteiger partial charge in [0, 0.05) is 10.9 Å². The quantitative estimate of drug-likeness (QED) is 0.768. The van der Waals surface area contributed by atoms with Gasteiger partial charge in [-0.05, 0) is 34.5 Å². The van der Waals surface area contributed by atoms with Gasteiger partial charge in [-0.3, -0.25) is 0 Å². The summed E-state index contributed by atoms with van der Waals surface area (Å²) < 4.78 is 27.4. The van der Waals surface area contributed by atoms with E-state index >= 15 is 0 Å². The lowest BCUT2D eigenvalue weighted by molar-refractivity contribution is 0.505. The molecule has 2 aromatic rings. The highest BCUT2D eigenvalue weighted by molar-refractivity contribution is 9.10. The number of aryl methyl sites for hydroxylation is 1. The summed E-state index contributed by atoms with van der Waals surface area (Å²) in [5, 5.41) is 2.20. The van der Waals surface area contributed by atoms with Crippen molar-refractivity contribution in [1.82, 2.24) is 4.98 Å². The molecule has 0 aliphatic heterocycles. The van der Waals surface area contributed by atoms with E-state index in [4.69, 9.17) is 0 Å². The van der Waals surface area contributed by atoms with Crippen molar-refractivity contribution in [3.05, 3.63) is 39.3 Å². The van der Waals surface area contributed by atoms with Gasteiger partial charge in [0.05, 0.1) is 0 Å². The molecular formula is C10H6BrF2NS. The van der Waals surface area contributed by atoms with E-state index in [9.17, 15) is 8.78 Å². The fourth-order valence-corrected chi connectivity index (χ4v) is 2.46. The molecule has 0 bridgehead atoms. The van der Waals surface area contributed by atoms with Gasteiger partial charge < -0.3 is 0 Å². The van der Waals surface area contributed by atoms with E-state index in [1.54, 1.807) is 17.5 Å². The Morgan fingerprint density at radius 2 is 2.00 bits per heavy atom. The normalized spacial score (nSPS) is 10.7. The smallest absolute Gasteiger partial charge is 0.169 e. The molecule has 1 heterocycles. The summed E-state index contributed by atoms with van der Waals surface area (Å²) in [4.78, 5) is 4.04. The van der Waals surface area contributed by atoms with Crippen LogP contribution in [0.4, 0.5) is 8.78 Å². The molecule has 0 aliphatic rings. The van der Waals surface area contributed by atoms with Crippen molar-refractivity contribution in [2.24, 2.45) is 0 Å². The molecule has 0 N–H and O–H groups in total. The van der Waals surface area contributed by atoms with E-state index in [1.165, 1.54) is 18.3 Å². The van der Waals surface area contributed by atoms with Crippen LogP contribution >= 0.6 is 27.3 Å². The highest BCUT2D eigenvalue weighted by Gasteiger charge is 2.14. The molecule has 78 valence electrons. The van der Waals surface area contributed by atoms with Gasteiger partial charge >= 0.3 is 0 Å². The van der Waals surface area contributed by atoms with Crippen LogP contribution in [-0.2, 0) is 0 Å². The second-order valence-corrected chi connectivity index (χ2v) is 4.70. The fourth-order valence-electron chi connectivity index (χ4n) is 1.19. The number of hydrogen-bond donors (Lipinski definition) is 0. The van der Waals surface area contributed by atoms with Gasteiger partial charge in [0.1, 0.15) is 9.61 Å². The standard InChI is InChI=1S/C10H6BrF2NS/c1-5-2-3-6(9(13)8(5)12)10-14-7(11)4-15-10/h2-4H,1H3. The van der Waals surface area contributed by atoms with Crippen molar-refractivity contribution in [3.8, 4) is 10.6 Å². The third kappa shape index (κ3) is 1.94. The summed E-state index contributed by atoms with van der Waals surface area (Å²) >= 11 is 4.44. The topological polar surface area (TPSA) is 12.9 Å². The Bertz CT molecular complexity index is 510. The summed E-state index contributed by atoms with van der Waals surface area (Å²) in [6.07, 6.45) is 0. The summed E-state index contributed by atoms with van der Waals surface area (Å²) in [5.74, 6) is -1.64. The molecule has 15 heavy (non-hydrogen) atoms. The molecule has 0 unspecified atom stereocenters. The Labute approximate surface area is 97.9 Å². The number of rotatable bonds is 1. The van der Waals surface area contributed by atoms with Gasteiger partial charge in [0.25, 0.3) is 0 Å². The van der Waals surface area contributed by atoms with Crippen LogP contribution in [0.25, 0.3) is 10.6 Å². The highest BCUT2D eigenvalue weighted by atomic mass is 79.9. The SMILES string of the molecule is Cc1ccc(-c2nc(Br)cs2)c(F)c1F. The van der Waals surface area contributed by atoms with Gasteiger partial charge in [-0.25, -0.2) is 13.8 Å².